The molecule has 1 aromatic rings. The van der Waals surface area contributed by atoms with Crippen LogP contribution in [0.15, 0.2) is 29.5 Å². The summed E-state index contributed by atoms with van der Waals surface area (Å²) in [7, 11) is 1.60. The van der Waals surface area contributed by atoms with Gasteiger partial charge in [0.2, 0.25) is 0 Å². The summed E-state index contributed by atoms with van der Waals surface area (Å²) in [5, 5.41) is 3.55. The van der Waals surface area contributed by atoms with Crippen molar-refractivity contribution in [3.05, 3.63) is 45.1 Å². The number of carbonyl (C=O) groups is 2. The highest BCUT2D eigenvalue weighted by Gasteiger charge is 2.35. The maximum Gasteiger partial charge on any atom is 0.338 e. The van der Waals surface area contributed by atoms with E-state index in [1.807, 2.05) is 0 Å². The van der Waals surface area contributed by atoms with Crippen LogP contribution < -0.4 is 5.32 Å². The van der Waals surface area contributed by atoms with E-state index in [0.717, 1.165) is 0 Å². The molecule has 0 bridgehead atoms. The molecular weight excluding hydrogens is 339 g/mol. The minimum Gasteiger partial charge on any atom is -0.459 e. The number of ether oxygens (including phenoxy) is 1. The van der Waals surface area contributed by atoms with Gasteiger partial charge in [0.25, 0.3) is 0 Å². The van der Waals surface area contributed by atoms with Crippen LogP contribution in [0.3, 0.4) is 0 Å². The average molecular weight is 357 g/mol. The van der Waals surface area contributed by atoms with Crippen molar-refractivity contribution >= 4 is 35.2 Å². The molecule has 1 heterocycles. The van der Waals surface area contributed by atoms with Gasteiger partial charge in [0.15, 0.2) is 0 Å². The molecule has 1 aliphatic rings. The zero-order valence-corrected chi connectivity index (χ0v) is 14.8. The molecule has 2 amide bonds. The molecule has 0 fully saturated rings. The molecule has 0 saturated heterocycles. The number of nitrogens with one attached hydrogen (secondary N) is 1. The van der Waals surface area contributed by atoms with Crippen molar-refractivity contribution in [2.45, 2.75) is 32.9 Å². The van der Waals surface area contributed by atoms with Gasteiger partial charge in [0, 0.05) is 12.7 Å². The minimum absolute atomic E-state index is 0.264. The molecule has 2 rings (SSSR count). The Morgan fingerprint density at radius 2 is 1.96 bits per heavy atom. The number of halogens is 2. The Labute approximate surface area is 145 Å². The highest BCUT2D eigenvalue weighted by atomic mass is 35.5. The highest BCUT2D eigenvalue weighted by molar-refractivity contribution is 6.42. The van der Waals surface area contributed by atoms with E-state index in [-0.39, 0.29) is 12.1 Å². The molecule has 1 aromatic carbocycles. The molecule has 1 aliphatic heterocycles. The van der Waals surface area contributed by atoms with Crippen LogP contribution >= 0.6 is 23.2 Å². The van der Waals surface area contributed by atoms with E-state index in [1.54, 1.807) is 46.0 Å². The van der Waals surface area contributed by atoms with Crippen LogP contribution in [0.2, 0.25) is 10.0 Å². The van der Waals surface area contributed by atoms with E-state index in [0.29, 0.717) is 26.9 Å². The molecule has 1 atom stereocenters. The standard InChI is InChI=1S/C16H18Cl2N2O3/c1-8(2)23-15(21)13-9(3)20(4)16(22)19-14(13)10-5-6-11(17)12(18)7-10/h5-8,14H,1-4H3,(H,19,22)/t14-/m1/s1. The molecule has 0 saturated carbocycles. The lowest BCUT2D eigenvalue weighted by atomic mass is 9.95. The van der Waals surface area contributed by atoms with Gasteiger partial charge in [0.05, 0.1) is 27.8 Å². The molecule has 7 heteroatoms. The molecule has 23 heavy (non-hydrogen) atoms. The van der Waals surface area contributed by atoms with Crippen LogP contribution in [0.5, 0.6) is 0 Å². The van der Waals surface area contributed by atoms with Gasteiger partial charge in [-0.1, -0.05) is 29.3 Å². The third-order valence-corrected chi connectivity index (χ3v) is 4.33. The van der Waals surface area contributed by atoms with Crippen molar-refractivity contribution in [2.75, 3.05) is 7.05 Å². The third-order valence-electron chi connectivity index (χ3n) is 3.59. The van der Waals surface area contributed by atoms with Crippen LogP contribution in [0, 0.1) is 0 Å². The van der Waals surface area contributed by atoms with Gasteiger partial charge >= 0.3 is 12.0 Å². The first-order valence-corrected chi connectivity index (χ1v) is 7.89. The van der Waals surface area contributed by atoms with E-state index < -0.39 is 12.0 Å². The van der Waals surface area contributed by atoms with Gasteiger partial charge in [0.1, 0.15) is 0 Å². The molecule has 0 aliphatic carbocycles. The Morgan fingerprint density at radius 1 is 1.30 bits per heavy atom. The Kier molecular flexibility index (Phi) is 5.22. The van der Waals surface area contributed by atoms with Crippen LogP contribution in [-0.4, -0.2) is 30.1 Å². The van der Waals surface area contributed by atoms with E-state index in [9.17, 15) is 9.59 Å². The lowest BCUT2D eigenvalue weighted by Crippen LogP contribution is -2.46. The van der Waals surface area contributed by atoms with E-state index in [2.05, 4.69) is 5.32 Å². The Hall–Kier alpha value is -1.72. The Morgan fingerprint density at radius 3 is 2.52 bits per heavy atom. The SMILES string of the molecule is CC1=C(C(=O)OC(C)C)[C@@H](c2ccc(Cl)c(Cl)c2)NC(=O)N1C. The second-order valence-electron chi connectivity index (χ2n) is 5.57. The first-order chi connectivity index (χ1) is 10.7. The quantitative estimate of drug-likeness (QED) is 0.835. The first kappa shape index (κ1) is 17.6. The minimum atomic E-state index is -0.639. The summed E-state index contributed by atoms with van der Waals surface area (Å²) >= 11 is 12.0. The summed E-state index contributed by atoms with van der Waals surface area (Å²) < 4.78 is 5.32. The second-order valence-corrected chi connectivity index (χ2v) is 6.38. The smallest absolute Gasteiger partial charge is 0.338 e. The van der Waals surface area contributed by atoms with Crippen molar-refractivity contribution in [2.24, 2.45) is 0 Å². The highest BCUT2D eigenvalue weighted by Crippen LogP contribution is 2.33. The van der Waals surface area contributed by atoms with Crippen molar-refractivity contribution in [1.29, 1.82) is 0 Å². The van der Waals surface area contributed by atoms with E-state index in [1.165, 1.54) is 4.90 Å². The van der Waals surface area contributed by atoms with Crippen molar-refractivity contribution < 1.29 is 14.3 Å². The number of carbonyl (C=O) groups excluding carboxylic acids is 2. The van der Waals surface area contributed by atoms with Gasteiger partial charge < -0.3 is 15.0 Å². The number of esters is 1. The number of allylic oxidation sites excluding steroid dienone is 1. The second kappa shape index (κ2) is 6.81. The number of nitrogens with zero attached hydrogens (tertiary/aromatic N) is 1. The maximum absolute atomic E-state index is 12.5. The lowest BCUT2D eigenvalue weighted by Gasteiger charge is -2.33. The summed E-state index contributed by atoms with van der Waals surface area (Å²) in [6, 6.07) is 4.04. The normalized spacial score (nSPS) is 18.3. The molecule has 0 spiro atoms. The Balaban J connectivity index is 2.51. The van der Waals surface area contributed by atoms with E-state index in [4.69, 9.17) is 27.9 Å². The van der Waals surface area contributed by atoms with Crippen LogP contribution in [0.1, 0.15) is 32.4 Å². The molecule has 0 radical (unpaired) electrons. The number of rotatable bonds is 3. The summed E-state index contributed by atoms with van der Waals surface area (Å²) in [4.78, 5) is 26.0. The lowest BCUT2D eigenvalue weighted by molar-refractivity contribution is -0.143. The number of hydrogen-bond acceptors (Lipinski definition) is 3. The third kappa shape index (κ3) is 3.62. The fourth-order valence-electron chi connectivity index (χ4n) is 2.32. The molecule has 0 unspecified atom stereocenters. The van der Waals surface area contributed by atoms with Crippen molar-refractivity contribution in [3.63, 3.8) is 0 Å². The van der Waals surface area contributed by atoms with Gasteiger partial charge in [-0.15, -0.1) is 0 Å². The van der Waals surface area contributed by atoms with Crippen LogP contribution in [-0.2, 0) is 9.53 Å². The zero-order chi connectivity index (χ0) is 17.3. The Bertz CT molecular complexity index is 686. The van der Waals surface area contributed by atoms with Gasteiger partial charge in [-0.2, -0.15) is 0 Å². The van der Waals surface area contributed by atoms with Gasteiger partial charge in [-0.25, -0.2) is 9.59 Å². The molecule has 124 valence electrons. The topological polar surface area (TPSA) is 58.6 Å². The number of urea groups is 1. The zero-order valence-electron chi connectivity index (χ0n) is 13.3. The van der Waals surface area contributed by atoms with Gasteiger partial charge in [-0.3, -0.25) is 0 Å². The largest absolute Gasteiger partial charge is 0.459 e. The summed E-state index contributed by atoms with van der Waals surface area (Å²) in [5.74, 6) is -0.472. The molecule has 1 N–H and O–H groups in total. The summed E-state index contributed by atoms with van der Waals surface area (Å²) in [6.45, 7) is 5.25. The molecular formula is C16H18Cl2N2O3. The van der Waals surface area contributed by atoms with Gasteiger partial charge in [-0.05, 0) is 38.5 Å². The summed E-state index contributed by atoms with van der Waals surface area (Å²) in [5.41, 5.74) is 1.57. The predicted octanol–water partition coefficient (Wildman–Crippen LogP) is 3.92. The predicted molar refractivity (Wildman–Crippen MR) is 89.4 cm³/mol. The molecule has 5 nitrogen and oxygen atoms in total. The monoisotopic (exact) mass is 356 g/mol. The number of hydrogen-bond donors (Lipinski definition) is 1. The first-order valence-electron chi connectivity index (χ1n) is 7.13. The number of amides is 2. The summed E-state index contributed by atoms with van der Waals surface area (Å²) in [6.07, 6.45) is -0.264. The fraction of sp³-hybridized carbons (Fsp3) is 0.375. The molecule has 0 aromatic heterocycles. The van der Waals surface area contributed by atoms with Crippen molar-refractivity contribution in [1.82, 2.24) is 10.2 Å². The number of benzene rings is 1. The van der Waals surface area contributed by atoms with Crippen molar-refractivity contribution in [3.8, 4) is 0 Å². The van der Waals surface area contributed by atoms with Crippen LogP contribution in [0.25, 0.3) is 0 Å². The average Bonchev–Trinajstić information content (AvgIpc) is 2.46. The fourth-order valence-corrected chi connectivity index (χ4v) is 2.63. The maximum atomic E-state index is 12.5. The van der Waals surface area contributed by atoms with E-state index >= 15 is 0 Å². The van der Waals surface area contributed by atoms with Crippen LogP contribution in [0.4, 0.5) is 4.79 Å².